The van der Waals surface area contributed by atoms with Gasteiger partial charge >= 0.3 is 0 Å². The van der Waals surface area contributed by atoms with Crippen molar-refractivity contribution in [2.24, 2.45) is 0 Å². The number of nitro benzene ring substituents is 1. The molecule has 0 aliphatic carbocycles. The largest absolute Gasteiger partial charge is 0.342 e. The fourth-order valence-corrected chi connectivity index (χ4v) is 3.58. The normalized spacial score (nSPS) is 26.7. The van der Waals surface area contributed by atoms with Crippen molar-refractivity contribution in [1.29, 1.82) is 0 Å². The van der Waals surface area contributed by atoms with Crippen molar-refractivity contribution in [2.75, 3.05) is 7.05 Å². The molecular weight excluding hydrogens is 282 g/mol. The van der Waals surface area contributed by atoms with Crippen LogP contribution in [0.1, 0.15) is 31.2 Å². The van der Waals surface area contributed by atoms with Gasteiger partial charge in [0.25, 0.3) is 5.69 Å². The summed E-state index contributed by atoms with van der Waals surface area (Å²) in [6, 6.07) is 7.65. The van der Waals surface area contributed by atoms with Gasteiger partial charge in [-0.3, -0.25) is 14.9 Å². The van der Waals surface area contributed by atoms with Crippen molar-refractivity contribution in [2.45, 2.75) is 50.2 Å². The second-order valence-corrected chi connectivity index (χ2v) is 6.37. The molecule has 118 valence electrons. The molecule has 2 aliphatic rings. The predicted octanol–water partition coefficient (Wildman–Crippen LogP) is 1.88. The molecule has 3 rings (SSSR count). The quantitative estimate of drug-likeness (QED) is 0.680. The fraction of sp³-hybridized carbons (Fsp3) is 0.562. The first-order valence-electron chi connectivity index (χ1n) is 7.78. The first kappa shape index (κ1) is 15.0. The minimum Gasteiger partial charge on any atom is -0.342 e. The van der Waals surface area contributed by atoms with Crippen LogP contribution < -0.4 is 5.32 Å². The second-order valence-electron chi connectivity index (χ2n) is 6.37. The Labute approximate surface area is 129 Å². The molecule has 0 saturated carbocycles. The van der Waals surface area contributed by atoms with E-state index in [9.17, 15) is 14.9 Å². The van der Waals surface area contributed by atoms with Crippen molar-refractivity contribution in [3.8, 4) is 0 Å². The Kier molecular flexibility index (Phi) is 4.11. The van der Waals surface area contributed by atoms with Crippen LogP contribution in [0.15, 0.2) is 24.3 Å². The number of amides is 1. The molecule has 1 aromatic rings. The maximum absolute atomic E-state index is 12.4. The molecule has 2 aliphatic heterocycles. The zero-order chi connectivity index (χ0) is 15.7. The van der Waals surface area contributed by atoms with Crippen molar-refractivity contribution in [3.05, 3.63) is 39.9 Å². The maximum atomic E-state index is 12.4. The number of hydrogen-bond acceptors (Lipinski definition) is 4. The lowest BCUT2D eigenvalue weighted by Crippen LogP contribution is -2.49. The van der Waals surface area contributed by atoms with Gasteiger partial charge in [0.05, 0.1) is 11.3 Å². The van der Waals surface area contributed by atoms with E-state index in [-0.39, 0.29) is 11.6 Å². The summed E-state index contributed by atoms with van der Waals surface area (Å²) in [5.74, 6) is 0.0835. The maximum Gasteiger partial charge on any atom is 0.269 e. The van der Waals surface area contributed by atoms with Gasteiger partial charge in [-0.15, -0.1) is 0 Å². The highest BCUT2D eigenvalue weighted by Crippen LogP contribution is 2.29. The third kappa shape index (κ3) is 3.11. The van der Waals surface area contributed by atoms with E-state index in [1.165, 1.54) is 25.0 Å². The monoisotopic (exact) mass is 303 g/mol. The van der Waals surface area contributed by atoms with E-state index >= 15 is 0 Å². The number of carbonyl (C=O) groups is 1. The molecule has 2 heterocycles. The van der Waals surface area contributed by atoms with Crippen LogP contribution in [-0.2, 0) is 11.2 Å². The van der Waals surface area contributed by atoms with Gasteiger partial charge in [-0.05, 0) is 31.2 Å². The third-order valence-corrected chi connectivity index (χ3v) is 4.89. The predicted molar refractivity (Wildman–Crippen MR) is 82.5 cm³/mol. The molecule has 1 aromatic carbocycles. The van der Waals surface area contributed by atoms with E-state index in [4.69, 9.17) is 0 Å². The Morgan fingerprint density at radius 1 is 1.27 bits per heavy atom. The van der Waals surface area contributed by atoms with E-state index < -0.39 is 4.92 Å². The summed E-state index contributed by atoms with van der Waals surface area (Å²) < 4.78 is 0. The summed E-state index contributed by atoms with van der Waals surface area (Å²) in [5.41, 5.74) is 0.874. The molecule has 1 amide bonds. The topological polar surface area (TPSA) is 75.5 Å². The summed E-state index contributed by atoms with van der Waals surface area (Å²) in [7, 11) is 1.88. The lowest BCUT2D eigenvalue weighted by molar-refractivity contribution is -0.384. The highest BCUT2D eigenvalue weighted by molar-refractivity contribution is 5.79. The molecule has 22 heavy (non-hydrogen) atoms. The van der Waals surface area contributed by atoms with Gasteiger partial charge < -0.3 is 10.2 Å². The molecular formula is C16H21N3O3. The molecule has 6 nitrogen and oxygen atoms in total. The molecule has 2 atom stereocenters. The summed E-state index contributed by atoms with van der Waals surface area (Å²) in [5, 5.41) is 14.2. The molecule has 0 aromatic heterocycles. The van der Waals surface area contributed by atoms with Crippen LogP contribution in [0, 0.1) is 10.1 Å². The van der Waals surface area contributed by atoms with Gasteiger partial charge in [-0.2, -0.15) is 0 Å². The zero-order valence-electron chi connectivity index (χ0n) is 12.7. The number of piperidine rings is 1. The van der Waals surface area contributed by atoms with E-state index in [1.54, 1.807) is 12.1 Å². The number of nitrogens with one attached hydrogen (secondary N) is 1. The molecule has 2 bridgehead atoms. The number of benzene rings is 1. The number of carbonyl (C=O) groups excluding carboxylic acids is 1. The Morgan fingerprint density at radius 3 is 2.41 bits per heavy atom. The van der Waals surface area contributed by atoms with Gasteiger partial charge in [-0.1, -0.05) is 12.1 Å². The highest BCUT2D eigenvalue weighted by Gasteiger charge is 2.36. The number of likely N-dealkylation sites (N-methyl/N-ethyl adjacent to an activating group) is 1. The molecule has 2 unspecified atom stereocenters. The van der Waals surface area contributed by atoms with Crippen LogP contribution in [0.2, 0.25) is 0 Å². The Bertz CT molecular complexity index is 561. The van der Waals surface area contributed by atoms with Crippen LogP contribution in [0.4, 0.5) is 5.69 Å². The van der Waals surface area contributed by atoms with Crippen LogP contribution in [0.5, 0.6) is 0 Å². The first-order valence-corrected chi connectivity index (χ1v) is 7.78. The summed E-state index contributed by atoms with van der Waals surface area (Å²) >= 11 is 0. The lowest BCUT2D eigenvalue weighted by atomic mass is 9.98. The molecule has 2 saturated heterocycles. The number of fused-ring (bicyclic) bond motifs is 2. The van der Waals surface area contributed by atoms with Crippen LogP contribution in [-0.4, -0.2) is 40.9 Å². The van der Waals surface area contributed by atoms with Crippen molar-refractivity contribution in [3.63, 3.8) is 0 Å². The minimum atomic E-state index is -0.428. The minimum absolute atomic E-state index is 0.0551. The number of non-ortho nitro benzene ring substituents is 1. The van der Waals surface area contributed by atoms with Crippen LogP contribution in [0.25, 0.3) is 0 Å². The van der Waals surface area contributed by atoms with Crippen molar-refractivity contribution >= 4 is 11.6 Å². The van der Waals surface area contributed by atoms with Crippen LogP contribution >= 0.6 is 0 Å². The average molecular weight is 303 g/mol. The molecule has 0 spiro atoms. The second kappa shape index (κ2) is 6.04. The smallest absolute Gasteiger partial charge is 0.269 e. The van der Waals surface area contributed by atoms with Gasteiger partial charge in [0, 0.05) is 37.3 Å². The summed E-state index contributed by atoms with van der Waals surface area (Å²) in [4.78, 5) is 24.5. The number of nitrogens with zero attached hydrogens (tertiary/aromatic N) is 2. The molecule has 1 N–H and O–H groups in total. The van der Waals surface area contributed by atoms with Crippen LogP contribution in [0.3, 0.4) is 0 Å². The van der Waals surface area contributed by atoms with Gasteiger partial charge in [-0.25, -0.2) is 0 Å². The molecule has 6 heteroatoms. The zero-order valence-corrected chi connectivity index (χ0v) is 12.7. The standard InChI is InChI=1S/C16H21N3O3/c1-18(15-9-12-4-5-13(10-15)17-12)16(20)8-11-2-6-14(7-3-11)19(21)22/h2-3,6-7,12-13,15,17H,4-5,8-10H2,1H3. The SMILES string of the molecule is CN(C(=O)Cc1ccc([N+](=O)[O-])cc1)C1CC2CCC(C1)N2. The Morgan fingerprint density at radius 2 is 1.86 bits per heavy atom. The van der Waals surface area contributed by atoms with Crippen molar-refractivity contribution in [1.82, 2.24) is 10.2 Å². The van der Waals surface area contributed by atoms with Gasteiger partial charge in [0.1, 0.15) is 0 Å². The number of nitro groups is 1. The fourth-order valence-electron chi connectivity index (χ4n) is 3.58. The van der Waals surface area contributed by atoms with Gasteiger partial charge in [0.2, 0.25) is 5.91 Å². The highest BCUT2D eigenvalue weighted by atomic mass is 16.6. The summed E-state index contributed by atoms with van der Waals surface area (Å²) in [6.45, 7) is 0. The number of rotatable bonds is 4. The van der Waals surface area contributed by atoms with E-state index in [0.717, 1.165) is 18.4 Å². The van der Waals surface area contributed by atoms with E-state index in [1.807, 2.05) is 11.9 Å². The average Bonchev–Trinajstić information content (AvgIpc) is 2.85. The third-order valence-electron chi connectivity index (χ3n) is 4.89. The van der Waals surface area contributed by atoms with Gasteiger partial charge in [0.15, 0.2) is 0 Å². The first-order chi connectivity index (χ1) is 10.5. The Balaban J connectivity index is 1.60. The number of hydrogen-bond donors (Lipinski definition) is 1. The lowest BCUT2D eigenvalue weighted by Gasteiger charge is -2.35. The van der Waals surface area contributed by atoms with Crippen molar-refractivity contribution < 1.29 is 9.72 Å². The van der Waals surface area contributed by atoms with E-state index in [2.05, 4.69) is 5.32 Å². The molecule has 2 fully saturated rings. The summed E-state index contributed by atoms with van der Waals surface area (Å²) in [6.07, 6.45) is 4.78. The van der Waals surface area contributed by atoms with E-state index in [0.29, 0.717) is 24.5 Å². The molecule has 0 radical (unpaired) electrons. The Hall–Kier alpha value is -1.95.